The molecule has 4 heteroatoms. The monoisotopic (exact) mass is 335 g/mol. The van der Waals surface area contributed by atoms with Gasteiger partial charge in [-0.2, -0.15) is 0 Å². The molecule has 0 saturated carbocycles. The first-order valence-electron chi connectivity index (χ1n) is 6.26. The molecule has 3 nitrogen and oxygen atoms in total. The van der Waals surface area contributed by atoms with Gasteiger partial charge < -0.3 is 15.2 Å². The molecule has 0 saturated heterocycles. The number of rotatable bonds is 4. The summed E-state index contributed by atoms with van der Waals surface area (Å²) in [5.74, 6) is 1.46. The molecule has 0 amide bonds. The molecule has 0 aromatic heterocycles. The normalized spacial score (nSPS) is 13.7. The largest absolute Gasteiger partial charge is 0.497 e. The Kier molecular flexibility index (Phi) is 4.35. The summed E-state index contributed by atoms with van der Waals surface area (Å²) in [5.41, 5.74) is 7.87. The van der Waals surface area contributed by atoms with Crippen molar-refractivity contribution in [2.24, 2.45) is 5.73 Å². The maximum absolute atomic E-state index is 6.53. The van der Waals surface area contributed by atoms with Crippen LogP contribution in [0.15, 0.2) is 46.9 Å². The average molecular weight is 336 g/mol. The molecule has 0 spiro atoms. The van der Waals surface area contributed by atoms with Crippen molar-refractivity contribution >= 4 is 15.9 Å². The average Bonchev–Trinajstić information content (AvgIpc) is 2.47. The van der Waals surface area contributed by atoms with Crippen molar-refractivity contribution in [3.63, 3.8) is 0 Å². The molecule has 1 atom stereocenters. The van der Waals surface area contributed by atoms with E-state index in [4.69, 9.17) is 15.2 Å². The van der Waals surface area contributed by atoms with E-state index in [-0.39, 0.29) is 0 Å². The van der Waals surface area contributed by atoms with Crippen LogP contribution in [0, 0.1) is 0 Å². The van der Waals surface area contributed by atoms with E-state index in [0.717, 1.165) is 27.1 Å². The van der Waals surface area contributed by atoms with Crippen molar-refractivity contribution in [1.82, 2.24) is 0 Å². The lowest BCUT2D eigenvalue weighted by Gasteiger charge is -2.27. The van der Waals surface area contributed by atoms with E-state index in [1.54, 1.807) is 14.2 Å². The molecular formula is C16H18BrNO2. The van der Waals surface area contributed by atoms with E-state index >= 15 is 0 Å². The zero-order valence-electron chi connectivity index (χ0n) is 11.8. The smallest absolute Gasteiger partial charge is 0.122 e. The Hall–Kier alpha value is -1.52. The summed E-state index contributed by atoms with van der Waals surface area (Å²) >= 11 is 3.43. The Labute approximate surface area is 127 Å². The molecule has 0 aliphatic carbocycles. The van der Waals surface area contributed by atoms with Gasteiger partial charge in [-0.3, -0.25) is 0 Å². The second kappa shape index (κ2) is 5.85. The first-order chi connectivity index (χ1) is 9.47. The van der Waals surface area contributed by atoms with Gasteiger partial charge in [0.15, 0.2) is 0 Å². The molecule has 2 rings (SSSR count). The molecule has 106 valence electrons. The van der Waals surface area contributed by atoms with Crippen molar-refractivity contribution < 1.29 is 9.47 Å². The third-order valence-electron chi connectivity index (χ3n) is 3.40. The van der Waals surface area contributed by atoms with Crippen molar-refractivity contribution in [2.45, 2.75) is 12.5 Å². The first kappa shape index (κ1) is 14.9. The highest BCUT2D eigenvalue weighted by Gasteiger charge is 2.25. The maximum atomic E-state index is 6.53. The fourth-order valence-corrected chi connectivity index (χ4v) is 2.33. The summed E-state index contributed by atoms with van der Waals surface area (Å²) in [4.78, 5) is 0. The van der Waals surface area contributed by atoms with E-state index < -0.39 is 5.54 Å². The van der Waals surface area contributed by atoms with Gasteiger partial charge in [-0.05, 0) is 42.3 Å². The maximum Gasteiger partial charge on any atom is 0.122 e. The molecule has 20 heavy (non-hydrogen) atoms. The lowest BCUT2D eigenvalue weighted by atomic mass is 9.85. The van der Waals surface area contributed by atoms with Gasteiger partial charge in [-0.1, -0.05) is 28.1 Å². The minimum atomic E-state index is -0.622. The molecular weight excluding hydrogens is 318 g/mol. The second-order valence-corrected chi connectivity index (χ2v) is 5.73. The summed E-state index contributed by atoms with van der Waals surface area (Å²) < 4.78 is 11.6. The lowest BCUT2D eigenvalue weighted by molar-refractivity contribution is 0.391. The minimum Gasteiger partial charge on any atom is -0.497 e. The van der Waals surface area contributed by atoms with Crippen LogP contribution in [-0.4, -0.2) is 14.2 Å². The number of nitrogens with two attached hydrogens (primary N) is 1. The number of ether oxygens (including phenoxy) is 2. The van der Waals surface area contributed by atoms with Crippen molar-refractivity contribution in [2.75, 3.05) is 14.2 Å². The van der Waals surface area contributed by atoms with E-state index in [1.807, 2.05) is 49.4 Å². The van der Waals surface area contributed by atoms with Crippen LogP contribution < -0.4 is 15.2 Å². The fraction of sp³-hybridized carbons (Fsp3) is 0.250. The zero-order chi connectivity index (χ0) is 14.8. The SMILES string of the molecule is COc1cc(OC)cc(C(C)(N)c2ccc(Br)cc2)c1. The third kappa shape index (κ3) is 2.97. The predicted molar refractivity (Wildman–Crippen MR) is 84.3 cm³/mol. The van der Waals surface area contributed by atoms with E-state index in [0.29, 0.717) is 0 Å². The van der Waals surface area contributed by atoms with Gasteiger partial charge in [0.25, 0.3) is 0 Å². The highest BCUT2D eigenvalue weighted by molar-refractivity contribution is 9.10. The van der Waals surface area contributed by atoms with E-state index in [9.17, 15) is 0 Å². The van der Waals surface area contributed by atoms with Crippen molar-refractivity contribution in [1.29, 1.82) is 0 Å². The van der Waals surface area contributed by atoms with Gasteiger partial charge in [0, 0.05) is 10.5 Å². The van der Waals surface area contributed by atoms with Gasteiger partial charge in [-0.15, -0.1) is 0 Å². The van der Waals surface area contributed by atoms with Gasteiger partial charge in [-0.25, -0.2) is 0 Å². The third-order valence-corrected chi connectivity index (χ3v) is 3.92. The van der Waals surface area contributed by atoms with Crippen LogP contribution in [0.5, 0.6) is 11.5 Å². The summed E-state index contributed by atoms with van der Waals surface area (Å²) in [5, 5.41) is 0. The summed E-state index contributed by atoms with van der Waals surface area (Å²) in [6.07, 6.45) is 0. The number of halogens is 1. The molecule has 0 radical (unpaired) electrons. The van der Waals surface area contributed by atoms with Crippen LogP contribution in [0.25, 0.3) is 0 Å². The number of methoxy groups -OCH3 is 2. The lowest BCUT2D eigenvalue weighted by Crippen LogP contribution is -2.34. The molecule has 2 aromatic rings. The van der Waals surface area contributed by atoms with Crippen molar-refractivity contribution in [3.8, 4) is 11.5 Å². The fourth-order valence-electron chi connectivity index (χ4n) is 2.07. The topological polar surface area (TPSA) is 44.5 Å². The standard InChI is InChI=1S/C16H18BrNO2/c1-16(18,11-4-6-13(17)7-5-11)12-8-14(19-2)10-15(9-12)20-3/h4-10H,18H2,1-3H3. The van der Waals surface area contributed by atoms with Crippen LogP contribution in [0.4, 0.5) is 0 Å². The summed E-state index contributed by atoms with van der Waals surface area (Å²) in [7, 11) is 3.26. The predicted octanol–water partition coefficient (Wildman–Crippen LogP) is 3.69. The molecule has 0 fully saturated rings. The first-order valence-corrected chi connectivity index (χ1v) is 7.05. The quantitative estimate of drug-likeness (QED) is 0.926. The molecule has 2 aromatic carbocycles. The summed E-state index contributed by atoms with van der Waals surface area (Å²) in [6.45, 7) is 1.98. The Balaban J connectivity index is 2.49. The second-order valence-electron chi connectivity index (χ2n) is 4.81. The van der Waals surface area contributed by atoms with Gasteiger partial charge >= 0.3 is 0 Å². The molecule has 0 heterocycles. The zero-order valence-corrected chi connectivity index (χ0v) is 13.4. The Morgan fingerprint density at radius 1 is 0.900 bits per heavy atom. The van der Waals surface area contributed by atoms with Gasteiger partial charge in [0.1, 0.15) is 11.5 Å². The van der Waals surface area contributed by atoms with Crippen molar-refractivity contribution in [3.05, 3.63) is 58.1 Å². The summed E-state index contributed by atoms with van der Waals surface area (Å²) in [6, 6.07) is 13.7. The van der Waals surface area contributed by atoms with Crippen LogP contribution >= 0.6 is 15.9 Å². The highest BCUT2D eigenvalue weighted by atomic mass is 79.9. The van der Waals surface area contributed by atoms with Gasteiger partial charge in [0.05, 0.1) is 19.8 Å². The molecule has 0 aliphatic heterocycles. The Bertz CT molecular complexity index is 572. The Morgan fingerprint density at radius 2 is 1.40 bits per heavy atom. The van der Waals surface area contributed by atoms with Crippen LogP contribution in [-0.2, 0) is 5.54 Å². The van der Waals surface area contributed by atoms with Crippen LogP contribution in [0.1, 0.15) is 18.1 Å². The Morgan fingerprint density at radius 3 is 1.85 bits per heavy atom. The molecule has 0 bridgehead atoms. The number of hydrogen-bond donors (Lipinski definition) is 1. The van der Waals surface area contributed by atoms with E-state index in [1.165, 1.54) is 0 Å². The molecule has 0 aliphatic rings. The number of hydrogen-bond acceptors (Lipinski definition) is 3. The molecule has 2 N–H and O–H groups in total. The van der Waals surface area contributed by atoms with Gasteiger partial charge in [0.2, 0.25) is 0 Å². The highest BCUT2D eigenvalue weighted by Crippen LogP contribution is 2.33. The van der Waals surface area contributed by atoms with E-state index in [2.05, 4.69) is 15.9 Å². The molecule has 1 unspecified atom stereocenters. The number of benzene rings is 2. The van der Waals surface area contributed by atoms with Crippen LogP contribution in [0.3, 0.4) is 0 Å². The minimum absolute atomic E-state index is 0.622. The van der Waals surface area contributed by atoms with Crippen LogP contribution in [0.2, 0.25) is 0 Å².